The lowest BCUT2D eigenvalue weighted by Gasteiger charge is -2.44. The summed E-state index contributed by atoms with van der Waals surface area (Å²) in [6.07, 6.45) is 0. The zero-order valence-electron chi connectivity index (χ0n) is 29.6. The maximum absolute atomic E-state index is 6.72. The van der Waals surface area contributed by atoms with Gasteiger partial charge in [-0.15, -0.1) is 11.3 Å². The summed E-state index contributed by atoms with van der Waals surface area (Å²) in [6, 6.07) is 69.6. The minimum atomic E-state index is -2.86. The molecular formula is C50H31NOS2Si. The molecule has 5 heteroatoms. The summed E-state index contributed by atoms with van der Waals surface area (Å²) < 4.78 is 9.31. The van der Waals surface area contributed by atoms with Gasteiger partial charge in [0, 0.05) is 31.0 Å². The van der Waals surface area contributed by atoms with E-state index in [2.05, 4.69) is 193 Å². The Balaban J connectivity index is 1.19. The fourth-order valence-corrected chi connectivity index (χ4v) is 17.7. The van der Waals surface area contributed by atoms with E-state index in [9.17, 15) is 0 Å². The van der Waals surface area contributed by atoms with E-state index in [0.29, 0.717) is 0 Å². The molecule has 0 amide bonds. The van der Waals surface area contributed by atoms with Gasteiger partial charge in [0.25, 0.3) is 0 Å². The molecule has 0 fully saturated rings. The van der Waals surface area contributed by atoms with E-state index in [1.54, 1.807) is 0 Å². The van der Waals surface area contributed by atoms with Gasteiger partial charge in [0.05, 0.1) is 16.1 Å². The van der Waals surface area contributed by atoms with Crippen molar-refractivity contribution < 1.29 is 4.74 Å². The molecule has 2 aliphatic heterocycles. The molecule has 0 aliphatic carbocycles. The summed E-state index contributed by atoms with van der Waals surface area (Å²) in [5.41, 5.74) is 3.52. The average molecular weight is 754 g/mol. The Bertz CT molecular complexity index is 3140. The summed E-state index contributed by atoms with van der Waals surface area (Å²) in [5, 5.41) is 13.0. The van der Waals surface area contributed by atoms with Gasteiger partial charge in [-0.3, -0.25) is 0 Å². The van der Waals surface area contributed by atoms with Gasteiger partial charge >= 0.3 is 0 Å². The third-order valence-corrected chi connectivity index (χ3v) is 19.2. The summed E-state index contributed by atoms with van der Waals surface area (Å²) in [7, 11) is -2.86. The zero-order chi connectivity index (χ0) is 36.1. The number of para-hydroxylation sites is 2. The molecule has 3 heterocycles. The Morgan fingerprint density at radius 1 is 0.436 bits per heavy atom. The van der Waals surface area contributed by atoms with Crippen molar-refractivity contribution in [1.29, 1.82) is 0 Å². The van der Waals surface area contributed by atoms with Crippen molar-refractivity contribution in [3.63, 3.8) is 0 Å². The first-order valence-corrected chi connectivity index (χ1v) is 22.3. The van der Waals surface area contributed by atoms with Crippen LogP contribution in [0, 0.1) is 0 Å². The highest BCUT2D eigenvalue weighted by atomic mass is 32.2. The van der Waals surface area contributed by atoms with Crippen LogP contribution in [0.1, 0.15) is 0 Å². The smallest absolute Gasteiger partial charge is 0.190 e. The predicted molar refractivity (Wildman–Crippen MR) is 237 cm³/mol. The molecule has 1 aromatic heterocycles. The molecule has 0 radical (unpaired) electrons. The van der Waals surface area contributed by atoms with Crippen molar-refractivity contribution in [2.75, 3.05) is 4.90 Å². The second kappa shape index (κ2) is 11.9. The molecule has 55 heavy (non-hydrogen) atoms. The molecule has 0 saturated carbocycles. The Morgan fingerprint density at radius 2 is 1.05 bits per heavy atom. The molecule has 0 atom stereocenters. The van der Waals surface area contributed by atoms with Crippen LogP contribution in [-0.2, 0) is 0 Å². The third-order valence-electron chi connectivity index (χ3n) is 11.6. The van der Waals surface area contributed by atoms with E-state index in [0.717, 1.165) is 17.2 Å². The molecule has 12 rings (SSSR count). The summed E-state index contributed by atoms with van der Waals surface area (Å²) in [4.78, 5) is 5.16. The number of nitrogens with zero attached hydrogens (tertiary/aromatic N) is 1. The van der Waals surface area contributed by atoms with Gasteiger partial charge in [-0.1, -0.05) is 151 Å². The molecule has 0 unspecified atom stereocenters. The van der Waals surface area contributed by atoms with E-state index in [-0.39, 0.29) is 0 Å². The van der Waals surface area contributed by atoms with Gasteiger partial charge in [0.15, 0.2) is 8.07 Å². The molecule has 0 N–H and O–H groups in total. The minimum Gasteiger partial charge on any atom is -0.458 e. The van der Waals surface area contributed by atoms with Crippen LogP contribution in [0.25, 0.3) is 41.7 Å². The van der Waals surface area contributed by atoms with Crippen molar-refractivity contribution in [2.45, 2.75) is 9.79 Å². The lowest BCUT2D eigenvalue weighted by Crippen LogP contribution is -2.77. The highest BCUT2D eigenvalue weighted by Gasteiger charge is 2.52. The first-order chi connectivity index (χ1) is 27.3. The standard InChI is InChI=1S/C50H31NOS2Si/c1-2-14-35-32(13-1)27-28-33-31-34(29-30-36(33)35)51(39-17-11-16-38-37-15-3-6-21-43(37)53-49(38)39)40-18-12-26-48-50(40)54-44-22-7-10-25-47(44)55(48)45-23-8-4-19-41(45)52-42-20-5-9-24-46(42)55/h1-31H. The lowest BCUT2D eigenvalue weighted by molar-refractivity contribution is 0.487. The van der Waals surface area contributed by atoms with Crippen LogP contribution in [-0.4, -0.2) is 8.07 Å². The highest BCUT2D eigenvalue weighted by molar-refractivity contribution is 8.00. The van der Waals surface area contributed by atoms with Gasteiger partial charge in [0.2, 0.25) is 0 Å². The molecule has 1 spiro atoms. The molecule has 9 aromatic carbocycles. The van der Waals surface area contributed by atoms with Crippen molar-refractivity contribution in [3.05, 3.63) is 188 Å². The Kier molecular flexibility index (Phi) is 6.79. The fourth-order valence-electron chi connectivity index (χ4n) is 9.25. The van der Waals surface area contributed by atoms with Crippen LogP contribution >= 0.6 is 23.1 Å². The average Bonchev–Trinajstić information content (AvgIpc) is 3.63. The van der Waals surface area contributed by atoms with Crippen molar-refractivity contribution in [3.8, 4) is 11.5 Å². The lowest BCUT2D eigenvalue weighted by atomic mass is 10.0. The number of anilines is 3. The van der Waals surface area contributed by atoms with Gasteiger partial charge in [-0.05, 0) is 90.8 Å². The first kappa shape index (κ1) is 31.3. The van der Waals surface area contributed by atoms with E-state index < -0.39 is 8.07 Å². The summed E-state index contributed by atoms with van der Waals surface area (Å²) >= 11 is 3.80. The fraction of sp³-hybridized carbons (Fsp3) is 0. The molecule has 10 aromatic rings. The first-order valence-electron chi connectivity index (χ1n) is 18.7. The molecule has 2 aliphatic rings. The van der Waals surface area contributed by atoms with E-state index >= 15 is 0 Å². The molecule has 0 bridgehead atoms. The van der Waals surface area contributed by atoms with Gasteiger partial charge < -0.3 is 9.64 Å². The number of ether oxygens (including phenoxy) is 1. The third kappa shape index (κ3) is 4.43. The van der Waals surface area contributed by atoms with Crippen LogP contribution in [0.5, 0.6) is 11.5 Å². The minimum absolute atomic E-state index is 0.958. The van der Waals surface area contributed by atoms with Gasteiger partial charge in [0.1, 0.15) is 11.5 Å². The highest BCUT2D eigenvalue weighted by Crippen LogP contribution is 2.49. The maximum Gasteiger partial charge on any atom is 0.190 e. The predicted octanol–water partition coefficient (Wildman–Crippen LogP) is 11.8. The quantitative estimate of drug-likeness (QED) is 0.132. The van der Waals surface area contributed by atoms with Crippen molar-refractivity contribution in [2.24, 2.45) is 0 Å². The van der Waals surface area contributed by atoms with Crippen LogP contribution in [0.15, 0.2) is 198 Å². The monoisotopic (exact) mass is 753 g/mol. The number of hydrogen-bond acceptors (Lipinski definition) is 4. The van der Waals surface area contributed by atoms with E-state index in [1.165, 1.54) is 83.6 Å². The molecule has 258 valence electrons. The van der Waals surface area contributed by atoms with Crippen LogP contribution in [0.3, 0.4) is 0 Å². The molecule has 0 saturated heterocycles. The van der Waals surface area contributed by atoms with Crippen LogP contribution < -0.4 is 30.4 Å². The van der Waals surface area contributed by atoms with Gasteiger partial charge in [-0.2, -0.15) is 0 Å². The Morgan fingerprint density at radius 3 is 1.91 bits per heavy atom. The molecular weight excluding hydrogens is 723 g/mol. The summed E-state index contributed by atoms with van der Waals surface area (Å²) in [6.45, 7) is 0. The number of rotatable bonds is 3. The number of hydrogen-bond donors (Lipinski definition) is 0. The zero-order valence-corrected chi connectivity index (χ0v) is 32.2. The van der Waals surface area contributed by atoms with Crippen molar-refractivity contribution >= 4 is 111 Å². The largest absolute Gasteiger partial charge is 0.458 e. The number of thiophene rings is 1. The Hall–Kier alpha value is -6.11. The number of benzene rings is 9. The van der Waals surface area contributed by atoms with Crippen LogP contribution in [0.2, 0.25) is 0 Å². The number of fused-ring (bicyclic) bond motifs is 14. The normalized spacial score (nSPS) is 13.7. The second-order valence-corrected chi connectivity index (χ2v) is 20.1. The SMILES string of the molecule is c1ccc2c(c1)Oc1ccccc1[Si]21c2ccccc2Sc2c(N(c3ccc4c(ccc5ccccc54)c3)c3cccc4c3sc3ccccc34)cccc21. The maximum atomic E-state index is 6.72. The Labute approximate surface area is 327 Å². The van der Waals surface area contributed by atoms with Gasteiger partial charge in [-0.25, -0.2) is 0 Å². The van der Waals surface area contributed by atoms with Crippen LogP contribution in [0.4, 0.5) is 17.1 Å². The summed E-state index contributed by atoms with van der Waals surface area (Å²) in [5.74, 6) is 1.92. The topological polar surface area (TPSA) is 12.5 Å². The van der Waals surface area contributed by atoms with E-state index in [4.69, 9.17) is 4.74 Å². The van der Waals surface area contributed by atoms with Crippen molar-refractivity contribution in [1.82, 2.24) is 0 Å². The van der Waals surface area contributed by atoms with E-state index in [1.807, 2.05) is 23.1 Å². The molecule has 2 nitrogen and oxygen atoms in total. The second-order valence-electron chi connectivity index (χ2n) is 14.4.